The van der Waals surface area contributed by atoms with Crippen LogP contribution < -0.4 is 21.9 Å². The fraction of sp³-hybridized carbons (Fsp3) is 0.300. The largest absolute Gasteiger partial charge is 0.323 e. The van der Waals surface area contributed by atoms with E-state index in [1.165, 1.54) is 13.8 Å². The van der Waals surface area contributed by atoms with Crippen molar-refractivity contribution in [3.63, 3.8) is 0 Å². The third kappa shape index (κ3) is 7.16. The van der Waals surface area contributed by atoms with Gasteiger partial charge in [-0.3, -0.25) is 19.8 Å². The van der Waals surface area contributed by atoms with E-state index in [1.807, 2.05) is 24.3 Å². The molecule has 8 nitrogen and oxygen atoms in total. The minimum absolute atomic E-state index is 0. The minimum atomic E-state index is -0.259. The number of carbonyl (C=O) groups excluding carboxylic acids is 3. The second kappa shape index (κ2) is 10.8. The number of nitrogens with two attached hydrogens (primary N) is 1. The van der Waals surface area contributed by atoms with Gasteiger partial charge in [-0.1, -0.05) is 31.7 Å². The summed E-state index contributed by atoms with van der Waals surface area (Å²) in [4.78, 5) is 38.2. The average molecular weight is 385 g/mol. The normalized spacial score (nSPS) is 9.82. The number of hydrazine groups is 1. The lowest BCUT2D eigenvalue weighted by Crippen LogP contribution is -2.31. The number of nitrogens with one attached hydrogen (secondary N) is 3. The van der Waals surface area contributed by atoms with Crippen LogP contribution in [0.2, 0.25) is 0 Å². The molecule has 0 saturated carbocycles. The first-order chi connectivity index (χ1) is 12.9. The standard InChI is InChI=1S/C19H23N5O3.CH4/c1-12(25)22-17-9-16(11-21-19(17)23-13(2)26)8-5-14-3-6-15(7-4-14)10-18(27)24-20;/h3-4,6-7,9,11H,5,8,10,20H2,1-2H3,(H,22,25)(H,24,27)(H,21,23,26);1H4. The minimum Gasteiger partial charge on any atom is -0.323 e. The maximum absolute atomic E-state index is 11.4. The molecule has 1 aromatic carbocycles. The summed E-state index contributed by atoms with van der Waals surface area (Å²) >= 11 is 0. The molecular weight excluding hydrogens is 358 g/mol. The van der Waals surface area contributed by atoms with E-state index in [1.54, 1.807) is 12.3 Å². The van der Waals surface area contributed by atoms with Crippen molar-refractivity contribution in [2.24, 2.45) is 5.84 Å². The molecule has 2 aromatic rings. The molecule has 3 amide bonds. The Hall–Kier alpha value is -3.26. The van der Waals surface area contributed by atoms with Crippen molar-refractivity contribution in [2.75, 3.05) is 10.6 Å². The number of hydrogen-bond donors (Lipinski definition) is 4. The van der Waals surface area contributed by atoms with Gasteiger partial charge in [0, 0.05) is 20.0 Å². The van der Waals surface area contributed by atoms with Crippen LogP contribution in [0.25, 0.3) is 0 Å². The highest BCUT2D eigenvalue weighted by atomic mass is 16.2. The van der Waals surface area contributed by atoms with Gasteiger partial charge in [0.1, 0.15) is 0 Å². The van der Waals surface area contributed by atoms with E-state index in [4.69, 9.17) is 5.84 Å². The van der Waals surface area contributed by atoms with Crippen molar-refractivity contribution in [1.29, 1.82) is 0 Å². The number of aryl methyl sites for hydroxylation is 2. The fourth-order valence-electron chi connectivity index (χ4n) is 2.54. The summed E-state index contributed by atoms with van der Waals surface area (Å²) in [6.07, 6.45) is 3.40. The first-order valence-electron chi connectivity index (χ1n) is 8.48. The molecule has 2 rings (SSSR count). The van der Waals surface area contributed by atoms with Crippen LogP contribution in [0, 0.1) is 0 Å². The maximum Gasteiger partial charge on any atom is 0.238 e. The Kier molecular flexibility index (Phi) is 8.77. The zero-order chi connectivity index (χ0) is 19.8. The van der Waals surface area contributed by atoms with Crippen LogP contribution in [0.4, 0.5) is 11.5 Å². The smallest absolute Gasteiger partial charge is 0.238 e. The Balaban J connectivity index is 0.00000392. The summed E-state index contributed by atoms with van der Waals surface area (Å²) in [5, 5.41) is 5.28. The van der Waals surface area contributed by atoms with Crippen molar-refractivity contribution in [3.05, 3.63) is 53.2 Å². The lowest BCUT2D eigenvalue weighted by Gasteiger charge is -2.11. The molecule has 8 heteroatoms. The average Bonchev–Trinajstić information content (AvgIpc) is 2.62. The van der Waals surface area contributed by atoms with Gasteiger partial charge in [-0.25, -0.2) is 10.8 Å². The zero-order valence-electron chi connectivity index (χ0n) is 15.3. The van der Waals surface area contributed by atoms with Crippen LogP contribution in [0.15, 0.2) is 36.5 Å². The molecule has 0 spiro atoms. The zero-order valence-corrected chi connectivity index (χ0v) is 15.3. The Bertz CT molecular complexity index is 834. The van der Waals surface area contributed by atoms with Crippen LogP contribution in [0.1, 0.15) is 38.0 Å². The first kappa shape index (κ1) is 22.8. The highest BCUT2D eigenvalue weighted by molar-refractivity contribution is 5.96. The highest BCUT2D eigenvalue weighted by Crippen LogP contribution is 2.21. The van der Waals surface area contributed by atoms with Crippen molar-refractivity contribution >= 4 is 29.2 Å². The van der Waals surface area contributed by atoms with Gasteiger partial charge >= 0.3 is 0 Å². The van der Waals surface area contributed by atoms with Crippen molar-refractivity contribution in [2.45, 2.75) is 40.5 Å². The van der Waals surface area contributed by atoms with Crippen LogP contribution in [0.5, 0.6) is 0 Å². The predicted octanol–water partition coefficient (Wildman–Crippen LogP) is 1.95. The number of anilines is 2. The van der Waals surface area contributed by atoms with E-state index in [2.05, 4.69) is 21.0 Å². The van der Waals surface area contributed by atoms with Crippen molar-refractivity contribution in [3.8, 4) is 0 Å². The third-order valence-corrected chi connectivity index (χ3v) is 3.80. The molecule has 150 valence electrons. The van der Waals surface area contributed by atoms with E-state index < -0.39 is 0 Å². The molecule has 0 aliphatic carbocycles. The number of hydrogen-bond acceptors (Lipinski definition) is 5. The number of benzene rings is 1. The molecule has 0 fully saturated rings. The van der Waals surface area contributed by atoms with Gasteiger partial charge in [0.05, 0.1) is 12.1 Å². The third-order valence-electron chi connectivity index (χ3n) is 3.80. The highest BCUT2D eigenvalue weighted by Gasteiger charge is 2.09. The molecule has 0 saturated heterocycles. The number of pyridine rings is 1. The second-order valence-corrected chi connectivity index (χ2v) is 6.16. The summed E-state index contributed by atoms with van der Waals surface area (Å²) in [5.74, 6) is 4.67. The Morgan fingerprint density at radius 2 is 1.50 bits per heavy atom. The molecular formula is C20H27N5O3. The Labute approximate surface area is 164 Å². The number of carbonyl (C=O) groups is 3. The lowest BCUT2D eigenvalue weighted by molar-refractivity contribution is -0.120. The predicted molar refractivity (Wildman–Crippen MR) is 109 cm³/mol. The molecule has 0 atom stereocenters. The molecule has 0 radical (unpaired) electrons. The Morgan fingerprint density at radius 3 is 2.07 bits per heavy atom. The molecule has 1 aromatic heterocycles. The number of rotatable bonds is 7. The van der Waals surface area contributed by atoms with Crippen LogP contribution >= 0.6 is 0 Å². The molecule has 28 heavy (non-hydrogen) atoms. The van der Waals surface area contributed by atoms with Crippen LogP contribution in [0.3, 0.4) is 0 Å². The summed E-state index contributed by atoms with van der Waals surface area (Å²) in [6.45, 7) is 2.78. The molecule has 0 bridgehead atoms. The van der Waals surface area contributed by atoms with E-state index in [0.29, 0.717) is 17.9 Å². The van der Waals surface area contributed by atoms with Gasteiger partial charge in [0.25, 0.3) is 0 Å². The maximum atomic E-state index is 11.4. The summed E-state index contributed by atoms with van der Waals surface area (Å²) in [5.41, 5.74) is 5.50. The summed E-state index contributed by atoms with van der Waals surface area (Å²) < 4.78 is 0. The lowest BCUT2D eigenvalue weighted by atomic mass is 10.0. The summed E-state index contributed by atoms with van der Waals surface area (Å²) in [6, 6.07) is 9.52. The number of nitrogens with zero attached hydrogens (tertiary/aromatic N) is 1. The van der Waals surface area contributed by atoms with Gasteiger partial charge in [0.15, 0.2) is 5.82 Å². The van der Waals surface area contributed by atoms with Gasteiger partial charge in [-0.15, -0.1) is 0 Å². The topological polar surface area (TPSA) is 126 Å². The van der Waals surface area contributed by atoms with Crippen LogP contribution in [-0.4, -0.2) is 22.7 Å². The second-order valence-electron chi connectivity index (χ2n) is 6.16. The van der Waals surface area contributed by atoms with E-state index in [9.17, 15) is 14.4 Å². The molecule has 0 aliphatic rings. The van der Waals surface area contributed by atoms with Gasteiger partial charge in [-0.05, 0) is 35.6 Å². The van der Waals surface area contributed by atoms with E-state index in [0.717, 1.165) is 23.1 Å². The van der Waals surface area contributed by atoms with Crippen molar-refractivity contribution in [1.82, 2.24) is 10.4 Å². The first-order valence-corrected chi connectivity index (χ1v) is 8.48. The van der Waals surface area contributed by atoms with Gasteiger partial charge in [0.2, 0.25) is 17.7 Å². The van der Waals surface area contributed by atoms with Crippen molar-refractivity contribution < 1.29 is 14.4 Å². The molecule has 0 unspecified atom stereocenters. The van der Waals surface area contributed by atoms with E-state index in [-0.39, 0.29) is 31.6 Å². The number of amides is 3. The van der Waals surface area contributed by atoms with Gasteiger partial charge in [-0.2, -0.15) is 0 Å². The molecule has 0 aliphatic heterocycles. The summed E-state index contributed by atoms with van der Waals surface area (Å²) in [7, 11) is 0. The Morgan fingerprint density at radius 1 is 0.929 bits per heavy atom. The monoisotopic (exact) mass is 385 g/mol. The molecule has 5 N–H and O–H groups in total. The fourth-order valence-corrected chi connectivity index (χ4v) is 2.54. The number of aromatic nitrogens is 1. The molecule has 1 heterocycles. The SMILES string of the molecule is C.CC(=O)Nc1cc(CCc2ccc(CC(=O)NN)cc2)cnc1NC(C)=O. The van der Waals surface area contributed by atoms with Gasteiger partial charge < -0.3 is 10.6 Å². The van der Waals surface area contributed by atoms with E-state index >= 15 is 0 Å². The quantitative estimate of drug-likeness (QED) is 0.329. The van der Waals surface area contributed by atoms with Crippen LogP contribution in [-0.2, 0) is 33.6 Å².